The van der Waals surface area contributed by atoms with Gasteiger partial charge < -0.3 is 10.2 Å². The van der Waals surface area contributed by atoms with Crippen LogP contribution in [0.3, 0.4) is 0 Å². The summed E-state index contributed by atoms with van der Waals surface area (Å²) in [4.78, 5) is 15.0. The lowest BCUT2D eigenvalue weighted by atomic mass is 10.1. The summed E-state index contributed by atoms with van der Waals surface area (Å²) >= 11 is 0. The summed E-state index contributed by atoms with van der Waals surface area (Å²) < 4.78 is 1.65. The molecule has 0 saturated heterocycles. The van der Waals surface area contributed by atoms with Crippen LogP contribution in [0.4, 0.5) is 0 Å². The molecule has 0 radical (unpaired) electrons. The van der Waals surface area contributed by atoms with Crippen LogP contribution < -0.4 is 5.32 Å². The number of nitrogens with one attached hydrogen (secondary N) is 1. The molecular weight excluding hydrogens is 312 g/mol. The number of hydrogen-bond acceptors (Lipinski definition) is 3. The molecule has 1 aromatic heterocycles. The molecule has 2 rings (SSSR count). The summed E-state index contributed by atoms with van der Waals surface area (Å²) in [5, 5.41) is 7.56. The number of carbonyl (C=O) groups excluding carboxylic acids is 1. The van der Waals surface area contributed by atoms with Crippen molar-refractivity contribution < 1.29 is 4.79 Å². The van der Waals surface area contributed by atoms with Crippen LogP contribution in [0.15, 0.2) is 36.4 Å². The summed E-state index contributed by atoms with van der Waals surface area (Å²) in [7, 11) is 1.81. The molecule has 0 aliphatic heterocycles. The quantitative estimate of drug-likeness (QED) is 0.760. The van der Waals surface area contributed by atoms with Crippen molar-refractivity contribution in [3.8, 4) is 11.3 Å². The molecule has 25 heavy (non-hydrogen) atoms. The molecule has 5 nitrogen and oxygen atoms in total. The van der Waals surface area contributed by atoms with Crippen LogP contribution in [0.25, 0.3) is 11.3 Å². The Kier molecular flexibility index (Phi) is 7.19. The van der Waals surface area contributed by atoms with Gasteiger partial charge in [-0.1, -0.05) is 44.2 Å². The minimum absolute atomic E-state index is 0.0625. The molecule has 1 heterocycles. The van der Waals surface area contributed by atoms with Crippen molar-refractivity contribution in [2.24, 2.45) is 7.05 Å². The van der Waals surface area contributed by atoms with Gasteiger partial charge in [0.25, 0.3) is 5.91 Å². The molecule has 0 spiro atoms. The van der Waals surface area contributed by atoms with E-state index in [0.717, 1.165) is 43.7 Å². The van der Waals surface area contributed by atoms with Gasteiger partial charge in [-0.25, -0.2) is 0 Å². The van der Waals surface area contributed by atoms with Crippen molar-refractivity contribution in [1.29, 1.82) is 0 Å². The molecule has 1 atom stereocenters. The van der Waals surface area contributed by atoms with Crippen molar-refractivity contribution in [1.82, 2.24) is 20.0 Å². The lowest BCUT2D eigenvalue weighted by Crippen LogP contribution is -2.34. The summed E-state index contributed by atoms with van der Waals surface area (Å²) in [5.41, 5.74) is 2.43. The average molecular weight is 342 g/mol. The number of benzene rings is 1. The van der Waals surface area contributed by atoms with E-state index < -0.39 is 0 Å². The third kappa shape index (κ3) is 5.43. The molecule has 1 N–H and O–H groups in total. The van der Waals surface area contributed by atoms with E-state index in [1.807, 2.05) is 43.4 Å². The van der Waals surface area contributed by atoms with E-state index in [-0.39, 0.29) is 11.9 Å². The van der Waals surface area contributed by atoms with Gasteiger partial charge in [0.2, 0.25) is 0 Å². The second-order valence-electron chi connectivity index (χ2n) is 6.45. The predicted octanol–water partition coefficient (Wildman–Crippen LogP) is 3.33. The zero-order valence-corrected chi connectivity index (χ0v) is 15.8. The number of aryl methyl sites for hydroxylation is 1. The maximum Gasteiger partial charge on any atom is 0.269 e. The van der Waals surface area contributed by atoms with Crippen LogP contribution in [0.2, 0.25) is 0 Å². The largest absolute Gasteiger partial charge is 0.348 e. The third-order valence-corrected chi connectivity index (χ3v) is 4.57. The van der Waals surface area contributed by atoms with Gasteiger partial charge in [0, 0.05) is 18.7 Å². The Morgan fingerprint density at radius 3 is 2.56 bits per heavy atom. The second kappa shape index (κ2) is 9.37. The van der Waals surface area contributed by atoms with Gasteiger partial charge in [-0.3, -0.25) is 9.48 Å². The number of hydrogen-bond donors (Lipinski definition) is 1. The molecule has 136 valence electrons. The SMILES string of the molecule is CCN(CC)CCCC(C)NC(=O)c1cc(-c2ccccc2)nn1C. The van der Waals surface area contributed by atoms with Crippen LogP contribution in [0, 0.1) is 0 Å². The molecule has 0 aliphatic carbocycles. The number of aromatic nitrogens is 2. The molecule has 0 fully saturated rings. The maximum absolute atomic E-state index is 12.5. The standard InChI is InChI=1S/C20H30N4O/c1-5-24(6-2)14-10-11-16(3)21-20(25)19-15-18(22-23(19)4)17-12-8-7-9-13-17/h7-9,12-13,15-16H,5-6,10-11,14H2,1-4H3,(H,21,25). The Balaban J connectivity index is 1.91. The van der Waals surface area contributed by atoms with Crippen LogP contribution >= 0.6 is 0 Å². The van der Waals surface area contributed by atoms with Crippen molar-refractivity contribution in [2.75, 3.05) is 19.6 Å². The van der Waals surface area contributed by atoms with Crippen molar-refractivity contribution >= 4 is 5.91 Å². The molecule has 1 amide bonds. The monoisotopic (exact) mass is 342 g/mol. The first-order valence-electron chi connectivity index (χ1n) is 9.17. The minimum Gasteiger partial charge on any atom is -0.348 e. The van der Waals surface area contributed by atoms with Gasteiger partial charge in [0.15, 0.2) is 0 Å². The first kappa shape index (κ1) is 19.2. The number of rotatable bonds is 9. The fraction of sp³-hybridized carbons (Fsp3) is 0.500. The lowest BCUT2D eigenvalue weighted by molar-refractivity contribution is 0.0927. The number of amides is 1. The Labute approximate surface area is 151 Å². The van der Waals surface area contributed by atoms with Crippen LogP contribution in [-0.2, 0) is 7.05 Å². The molecular formula is C20H30N4O. The Hall–Kier alpha value is -2.14. The Bertz CT molecular complexity index is 662. The summed E-state index contributed by atoms with van der Waals surface area (Å²) in [6, 6.07) is 11.9. The summed E-state index contributed by atoms with van der Waals surface area (Å²) in [6.45, 7) is 9.66. The first-order chi connectivity index (χ1) is 12.0. The molecule has 0 saturated carbocycles. The fourth-order valence-electron chi connectivity index (χ4n) is 2.96. The van der Waals surface area contributed by atoms with Gasteiger partial charge in [-0.15, -0.1) is 0 Å². The van der Waals surface area contributed by atoms with Gasteiger partial charge in [0.05, 0.1) is 5.69 Å². The van der Waals surface area contributed by atoms with E-state index >= 15 is 0 Å². The summed E-state index contributed by atoms with van der Waals surface area (Å²) in [5.74, 6) is -0.0625. The smallest absolute Gasteiger partial charge is 0.269 e. The van der Waals surface area contributed by atoms with Crippen LogP contribution in [-0.4, -0.2) is 46.3 Å². The first-order valence-corrected chi connectivity index (χ1v) is 9.17. The van der Waals surface area contributed by atoms with Crippen molar-refractivity contribution in [3.05, 3.63) is 42.1 Å². The predicted molar refractivity (Wildman–Crippen MR) is 103 cm³/mol. The molecule has 1 aromatic carbocycles. The second-order valence-corrected chi connectivity index (χ2v) is 6.45. The highest BCUT2D eigenvalue weighted by molar-refractivity contribution is 5.93. The average Bonchev–Trinajstić information content (AvgIpc) is 3.01. The van der Waals surface area contributed by atoms with E-state index in [9.17, 15) is 4.79 Å². The van der Waals surface area contributed by atoms with Crippen LogP contribution in [0.1, 0.15) is 44.1 Å². The van der Waals surface area contributed by atoms with Gasteiger partial charge in [-0.2, -0.15) is 5.10 Å². The normalized spacial score (nSPS) is 12.4. The molecule has 5 heteroatoms. The molecule has 2 aromatic rings. The van der Waals surface area contributed by atoms with Gasteiger partial charge in [0.1, 0.15) is 5.69 Å². The van der Waals surface area contributed by atoms with E-state index in [4.69, 9.17) is 0 Å². The number of carbonyl (C=O) groups is 1. The van der Waals surface area contributed by atoms with E-state index in [1.54, 1.807) is 4.68 Å². The zero-order chi connectivity index (χ0) is 18.2. The molecule has 0 bridgehead atoms. The van der Waals surface area contributed by atoms with Crippen molar-refractivity contribution in [2.45, 2.75) is 39.7 Å². The summed E-state index contributed by atoms with van der Waals surface area (Å²) in [6.07, 6.45) is 2.06. The topological polar surface area (TPSA) is 50.2 Å². The Morgan fingerprint density at radius 2 is 1.92 bits per heavy atom. The zero-order valence-electron chi connectivity index (χ0n) is 15.8. The maximum atomic E-state index is 12.5. The third-order valence-electron chi connectivity index (χ3n) is 4.57. The van der Waals surface area contributed by atoms with E-state index in [0.29, 0.717) is 5.69 Å². The van der Waals surface area contributed by atoms with Crippen LogP contribution in [0.5, 0.6) is 0 Å². The molecule has 0 aliphatic rings. The highest BCUT2D eigenvalue weighted by atomic mass is 16.2. The highest BCUT2D eigenvalue weighted by Gasteiger charge is 2.16. The van der Waals surface area contributed by atoms with Crippen molar-refractivity contribution in [3.63, 3.8) is 0 Å². The Morgan fingerprint density at radius 1 is 1.24 bits per heavy atom. The van der Waals surface area contributed by atoms with Gasteiger partial charge >= 0.3 is 0 Å². The lowest BCUT2D eigenvalue weighted by Gasteiger charge is -2.19. The van der Waals surface area contributed by atoms with E-state index in [1.165, 1.54) is 0 Å². The minimum atomic E-state index is -0.0625. The van der Waals surface area contributed by atoms with Gasteiger partial charge in [-0.05, 0) is 45.5 Å². The fourth-order valence-corrected chi connectivity index (χ4v) is 2.96. The molecule has 1 unspecified atom stereocenters. The number of nitrogens with zero attached hydrogens (tertiary/aromatic N) is 3. The highest BCUT2D eigenvalue weighted by Crippen LogP contribution is 2.18. The van der Waals surface area contributed by atoms with E-state index in [2.05, 4.69) is 36.1 Å².